The van der Waals surface area contributed by atoms with Gasteiger partial charge in [-0.15, -0.1) is 0 Å². The summed E-state index contributed by atoms with van der Waals surface area (Å²) in [6, 6.07) is 11.4. The number of ether oxygens (including phenoxy) is 2. The fourth-order valence-corrected chi connectivity index (χ4v) is 3.05. The number of aromatic nitrogens is 1. The molecule has 7 heteroatoms. The van der Waals surface area contributed by atoms with E-state index in [2.05, 4.69) is 5.32 Å². The lowest BCUT2D eigenvalue weighted by Gasteiger charge is -2.11. The van der Waals surface area contributed by atoms with E-state index in [0.29, 0.717) is 6.61 Å². The number of nitrogens with one attached hydrogen (secondary N) is 1. The van der Waals surface area contributed by atoms with Gasteiger partial charge >= 0.3 is 5.97 Å². The summed E-state index contributed by atoms with van der Waals surface area (Å²) in [4.78, 5) is 23.9. The maximum atomic E-state index is 12.2. The highest BCUT2D eigenvalue weighted by Crippen LogP contribution is 2.24. The van der Waals surface area contributed by atoms with E-state index in [-0.39, 0.29) is 11.6 Å². The number of hydrogen-bond acceptors (Lipinski definition) is 5. The molecule has 0 bridgehead atoms. The zero-order valence-electron chi connectivity index (χ0n) is 18.0. The van der Waals surface area contributed by atoms with Crippen LogP contribution in [0, 0.1) is 25.2 Å². The van der Waals surface area contributed by atoms with Crippen LogP contribution in [0.25, 0.3) is 11.8 Å². The Morgan fingerprint density at radius 3 is 2.47 bits per heavy atom. The van der Waals surface area contributed by atoms with E-state index < -0.39 is 18.5 Å². The standard InChI is InChI=1S/C23H27N3O4/c1-6-29-21-9-7-20(8-10-21)26-16(4)11-18(17(26)5)12-19(13-24)23(28)30-14-22(27)25-15(2)3/h7-12,15H,6,14H2,1-5H3,(H,25,27)/b19-12+. The van der Waals surface area contributed by atoms with E-state index >= 15 is 0 Å². The van der Waals surface area contributed by atoms with Crippen molar-refractivity contribution in [2.45, 2.75) is 40.7 Å². The third-order valence-electron chi connectivity index (χ3n) is 4.30. The van der Waals surface area contributed by atoms with Crippen LogP contribution < -0.4 is 10.1 Å². The Morgan fingerprint density at radius 1 is 1.23 bits per heavy atom. The van der Waals surface area contributed by atoms with Gasteiger partial charge in [-0.1, -0.05) is 0 Å². The van der Waals surface area contributed by atoms with E-state index in [1.165, 1.54) is 6.08 Å². The van der Waals surface area contributed by atoms with Gasteiger partial charge in [0.15, 0.2) is 6.61 Å². The summed E-state index contributed by atoms with van der Waals surface area (Å²) in [6.45, 7) is 9.57. The molecular weight excluding hydrogens is 382 g/mol. The molecule has 1 aromatic carbocycles. The van der Waals surface area contributed by atoms with Gasteiger partial charge in [-0.2, -0.15) is 5.26 Å². The third-order valence-corrected chi connectivity index (χ3v) is 4.30. The van der Waals surface area contributed by atoms with Crippen molar-refractivity contribution >= 4 is 18.0 Å². The number of carbonyl (C=O) groups excluding carboxylic acids is 2. The van der Waals surface area contributed by atoms with E-state index in [1.54, 1.807) is 13.8 Å². The Kier molecular flexibility index (Phi) is 7.82. The summed E-state index contributed by atoms with van der Waals surface area (Å²) in [5, 5.41) is 12.0. The molecule has 0 aliphatic rings. The second kappa shape index (κ2) is 10.3. The predicted octanol–water partition coefficient (Wildman–Crippen LogP) is 3.47. The first-order valence-corrected chi connectivity index (χ1v) is 9.77. The van der Waals surface area contributed by atoms with Crippen molar-refractivity contribution < 1.29 is 19.1 Å². The molecule has 7 nitrogen and oxygen atoms in total. The maximum Gasteiger partial charge on any atom is 0.349 e. The second-order valence-corrected chi connectivity index (χ2v) is 7.06. The van der Waals surface area contributed by atoms with Crippen LogP contribution in [0.3, 0.4) is 0 Å². The fraction of sp³-hybridized carbons (Fsp3) is 0.348. The number of benzene rings is 1. The number of carbonyl (C=O) groups is 2. The van der Waals surface area contributed by atoms with Crippen molar-refractivity contribution in [3.8, 4) is 17.5 Å². The SMILES string of the molecule is CCOc1ccc(-n2c(C)cc(/C=C(\C#N)C(=O)OCC(=O)NC(C)C)c2C)cc1. The topological polar surface area (TPSA) is 93.3 Å². The Balaban J connectivity index is 2.23. The Labute approximate surface area is 176 Å². The van der Waals surface area contributed by atoms with Crippen LogP contribution in [-0.2, 0) is 14.3 Å². The summed E-state index contributed by atoms with van der Waals surface area (Å²) >= 11 is 0. The lowest BCUT2D eigenvalue weighted by molar-refractivity contribution is -0.144. The van der Waals surface area contributed by atoms with Gasteiger partial charge in [0.2, 0.25) is 0 Å². The first-order chi connectivity index (χ1) is 14.3. The molecule has 0 fully saturated rings. The second-order valence-electron chi connectivity index (χ2n) is 7.06. The van der Waals surface area contributed by atoms with Crippen LogP contribution in [0.5, 0.6) is 5.75 Å². The van der Waals surface area contributed by atoms with Crippen molar-refractivity contribution in [2.75, 3.05) is 13.2 Å². The molecule has 1 N–H and O–H groups in total. The molecule has 30 heavy (non-hydrogen) atoms. The number of esters is 1. The summed E-state index contributed by atoms with van der Waals surface area (Å²) in [5.41, 5.74) is 3.32. The number of hydrogen-bond donors (Lipinski definition) is 1. The van der Waals surface area contributed by atoms with Gasteiger partial charge in [0.05, 0.1) is 6.61 Å². The minimum absolute atomic E-state index is 0.0600. The molecule has 0 saturated carbocycles. The van der Waals surface area contributed by atoms with Gasteiger partial charge < -0.3 is 19.4 Å². The summed E-state index contributed by atoms with van der Waals surface area (Å²) in [7, 11) is 0. The van der Waals surface area contributed by atoms with Crippen molar-refractivity contribution in [1.29, 1.82) is 5.26 Å². The molecule has 0 radical (unpaired) electrons. The van der Waals surface area contributed by atoms with E-state index in [0.717, 1.165) is 28.4 Å². The smallest absolute Gasteiger partial charge is 0.349 e. The number of aryl methyl sites for hydroxylation is 1. The highest BCUT2D eigenvalue weighted by Gasteiger charge is 2.16. The average Bonchev–Trinajstić information content (AvgIpc) is 2.97. The lowest BCUT2D eigenvalue weighted by Crippen LogP contribution is -2.34. The van der Waals surface area contributed by atoms with Crippen LogP contribution in [0.2, 0.25) is 0 Å². The number of rotatable bonds is 8. The highest BCUT2D eigenvalue weighted by molar-refractivity contribution is 5.99. The quantitative estimate of drug-likeness (QED) is 0.409. The highest BCUT2D eigenvalue weighted by atomic mass is 16.5. The molecule has 0 saturated heterocycles. The first-order valence-electron chi connectivity index (χ1n) is 9.77. The van der Waals surface area contributed by atoms with Crippen LogP contribution in [0.1, 0.15) is 37.7 Å². The van der Waals surface area contributed by atoms with Crippen molar-refractivity contribution in [3.05, 3.63) is 52.9 Å². The molecule has 1 aromatic heterocycles. The Hall–Kier alpha value is -3.53. The minimum Gasteiger partial charge on any atom is -0.494 e. The first kappa shape index (κ1) is 22.8. The normalized spacial score (nSPS) is 11.2. The molecule has 158 valence electrons. The molecule has 2 rings (SSSR count). The van der Waals surface area contributed by atoms with Crippen molar-refractivity contribution in [2.24, 2.45) is 0 Å². The third kappa shape index (κ3) is 5.74. The molecule has 0 atom stereocenters. The molecule has 0 aliphatic heterocycles. The molecule has 2 aromatic rings. The van der Waals surface area contributed by atoms with Gasteiger partial charge in [-0.05, 0) is 76.6 Å². The zero-order valence-corrected chi connectivity index (χ0v) is 18.0. The monoisotopic (exact) mass is 409 g/mol. The molecule has 1 heterocycles. The summed E-state index contributed by atoms with van der Waals surface area (Å²) < 4.78 is 12.5. The van der Waals surface area contributed by atoms with Crippen LogP contribution in [-0.4, -0.2) is 35.7 Å². The van der Waals surface area contributed by atoms with Crippen LogP contribution in [0.4, 0.5) is 0 Å². The lowest BCUT2D eigenvalue weighted by atomic mass is 10.1. The summed E-state index contributed by atoms with van der Waals surface area (Å²) in [6.07, 6.45) is 1.48. The van der Waals surface area contributed by atoms with Gasteiger partial charge in [0.1, 0.15) is 17.4 Å². The van der Waals surface area contributed by atoms with Gasteiger partial charge in [-0.3, -0.25) is 4.79 Å². The maximum absolute atomic E-state index is 12.2. The molecule has 0 aliphatic carbocycles. The van der Waals surface area contributed by atoms with E-state index in [4.69, 9.17) is 9.47 Å². The van der Waals surface area contributed by atoms with Gasteiger partial charge in [0.25, 0.3) is 5.91 Å². The van der Waals surface area contributed by atoms with E-state index in [9.17, 15) is 14.9 Å². The number of nitriles is 1. The fourth-order valence-electron chi connectivity index (χ4n) is 3.05. The Bertz CT molecular complexity index is 979. The molecule has 1 amide bonds. The van der Waals surface area contributed by atoms with Gasteiger partial charge in [-0.25, -0.2) is 4.79 Å². The molecule has 0 unspecified atom stereocenters. The molecule has 0 spiro atoms. The zero-order chi connectivity index (χ0) is 22.3. The van der Waals surface area contributed by atoms with Crippen LogP contribution in [0.15, 0.2) is 35.9 Å². The largest absolute Gasteiger partial charge is 0.494 e. The number of amides is 1. The van der Waals surface area contributed by atoms with E-state index in [1.807, 2.05) is 61.7 Å². The van der Waals surface area contributed by atoms with Crippen LogP contribution >= 0.6 is 0 Å². The molecular formula is C23H27N3O4. The Morgan fingerprint density at radius 2 is 1.90 bits per heavy atom. The number of nitrogens with zero attached hydrogens (tertiary/aromatic N) is 2. The predicted molar refractivity (Wildman–Crippen MR) is 114 cm³/mol. The minimum atomic E-state index is -0.831. The average molecular weight is 409 g/mol. The van der Waals surface area contributed by atoms with Gasteiger partial charge in [0, 0.05) is 23.1 Å². The van der Waals surface area contributed by atoms with Crippen molar-refractivity contribution in [3.63, 3.8) is 0 Å². The summed E-state index contributed by atoms with van der Waals surface area (Å²) in [5.74, 6) is -0.452. The van der Waals surface area contributed by atoms with Crippen molar-refractivity contribution in [1.82, 2.24) is 9.88 Å².